The molecule has 4 aromatic rings. The molecular formula is C38H42FN3O4S. The van der Waals surface area contributed by atoms with Crippen molar-refractivity contribution in [3.05, 3.63) is 131 Å². The van der Waals surface area contributed by atoms with Crippen molar-refractivity contribution in [2.24, 2.45) is 0 Å². The predicted octanol–water partition coefficient (Wildman–Crippen LogP) is 6.73. The van der Waals surface area contributed by atoms with Crippen molar-refractivity contribution in [3.63, 3.8) is 0 Å². The van der Waals surface area contributed by atoms with Crippen LogP contribution in [0.4, 0.5) is 10.1 Å². The highest BCUT2D eigenvalue weighted by Crippen LogP contribution is 2.27. The number of benzene rings is 4. The lowest BCUT2D eigenvalue weighted by molar-refractivity contribution is -0.140. The van der Waals surface area contributed by atoms with E-state index in [-0.39, 0.29) is 35.4 Å². The molecule has 0 spiro atoms. The molecule has 7 nitrogen and oxygen atoms in total. The highest BCUT2D eigenvalue weighted by Gasteiger charge is 2.36. The summed E-state index contributed by atoms with van der Waals surface area (Å²) in [5, 5.41) is 3.17. The number of hydrogen-bond acceptors (Lipinski definition) is 4. The van der Waals surface area contributed by atoms with Crippen LogP contribution < -0.4 is 9.62 Å². The summed E-state index contributed by atoms with van der Waals surface area (Å²) < 4.78 is 44.7. The van der Waals surface area contributed by atoms with Gasteiger partial charge in [0.15, 0.2) is 0 Å². The van der Waals surface area contributed by atoms with Crippen LogP contribution in [0.3, 0.4) is 0 Å². The van der Waals surface area contributed by atoms with E-state index < -0.39 is 34.3 Å². The molecule has 0 bridgehead atoms. The Hall–Kier alpha value is -4.50. The van der Waals surface area contributed by atoms with E-state index >= 15 is 4.39 Å². The summed E-state index contributed by atoms with van der Waals surface area (Å²) in [6.07, 6.45) is 5.00. The zero-order chi connectivity index (χ0) is 33.4. The Morgan fingerprint density at radius 2 is 1.43 bits per heavy atom. The maximum atomic E-state index is 15.2. The molecule has 1 fully saturated rings. The molecule has 5 rings (SSSR count). The smallest absolute Gasteiger partial charge is 0.264 e. The van der Waals surface area contributed by atoms with Crippen LogP contribution in [0.1, 0.15) is 54.4 Å². The first kappa shape index (κ1) is 33.9. The van der Waals surface area contributed by atoms with Crippen LogP contribution in [0.5, 0.6) is 0 Å². The molecular weight excluding hydrogens is 614 g/mol. The van der Waals surface area contributed by atoms with Crippen LogP contribution in [0.2, 0.25) is 0 Å². The number of amides is 2. The highest BCUT2D eigenvalue weighted by molar-refractivity contribution is 7.92. The SMILES string of the molecule is Cc1cc(C)cc(N(CC(=O)N(Cc2ccccc2F)[C@@H](Cc2ccccc2)C(=O)NC2CCCCC2)S(=O)(=O)c2ccccc2)c1. The van der Waals surface area contributed by atoms with Gasteiger partial charge in [0.25, 0.3) is 10.0 Å². The van der Waals surface area contributed by atoms with E-state index in [1.54, 1.807) is 48.5 Å². The summed E-state index contributed by atoms with van der Waals surface area (Å²) in [5.41, 5.74) is 3.05. The van der Waals surface area contributed by atoms with E-state index in [9.17, 15) is 18.0 Å². The van der Waals surface area contributed by atoms with Crippen LogP contribution in [0.25, 0.3) is 0 Å². The second kappa shape index (κ2) is 15.4. The molecule has 4 aromatic carbocycles. The van der Waals surface area contributed by atoms with E-state index in [0.29, 0.717) is 5.69 Å². The molecule has 0 aliphatic heterocycles. The number of nitrogens with zero attached hydrogens (tertiary/aromatic N) is 2. The Labute approximate surface area is 277 Å². The number of halogens is 1. The van der Waals surface area contributed by atoms with Gasteiger partial charge in [-0.3, -0.25) is 13.9 Å². The predicted molar refractivity (Wildman–Crippen MR) is 183 cm³/mol. The van der Waals surface area contributed by atoms with Crippen molar-refractivity contribution in [2.45, 2.75) is 75.9 Å². The van der Waals surface area contributed by atoms with Crippen molar-refractivity contribution < 1.29 is 22.4 Å². The van der Waals surface area contributed by atoms with Gasteiger partial charge in [-0.1, -0.05) is 92.1 Å². The fourth-order valence-corrected chi connectivity index (χ4v) is 7.67. The summed E-state index contributed by atoms with van der Waals surface area (Å²) in [5.74, 6) is -1.47. The first-order chi connectivity index (χ1) is 22.6. The Bertz CT molecular complexity index is 1760. The number of hydrogen-bond donors (Lipinski definition) is 1. The number of nitrogens with one attached hydrogen (secondary N) is 1. The molecule has 1 saturated carbocycles. The first-order valence-corrected chi connectivity index (χ1v) is 17.6. The first-order valence-electron chi connectivity index (χ1n) is 16.1. The minimum absolute atomic E-state index is 0.0230. The average molecular weight is 656 g/mol. The van der Waals surface area contributed by atoms with Crippen molar-refractivity contribution >= 4 is 27.5 Å². The van der Waals surface area contributed by atoms with Crippen molar-refractivity contribution in [2.75, 3.05) is 10.8 Å². The number of rotatable bonds is 12. The summed E-state index contributed by atoms with van der Waals surface area (Å²) in [4.78, 5) is 30.2. The fraction of sp³-hybridized carbons (Fsp3) is 0.316. The molecule has 246 valence electrons. The van der Waals surface area contributed by atoms with Crippen LogP contribution in [0.15, 0.2) is 108 Å². The standard InChI is InChI=1S/C38H42FN3O4S/c1-28-22-29(2)24-33(23-28)42(47(45,46)34-19-10-5-11-20-34)27-37(43)41(26-31-16-12-13-21-35(31)39)36(25-30-14-6-3-7-15-30)38(44)40-32-17-8-4-9-18-32/h3,5-7,10-16,19-24,32,36H,4,8-9,17-18,25-27H2,1-2H3,(H,40,44)/t36-/m0/s1. The summed E-state index contributed by atoms with van der Waals surface area (Å²) in [6, 6.07) is 27.8. The van der Waals surface area contributed by atoms with Gasteiger partial charge in [-0.05, 0) is 73.7 Å². The minimum atomic E-state index is -4.21. The summed E-state index contributed by atoms with van der Waals surface area (Å²) in [6.45, 7) is 2.92. The minimum Gasteiger partial charge on any atom is -0.352 e. The Balaban J connectivity index is 1.58. The third-order valence-electron chi connectivity index (χ3n) is 8.63. The number of anilines is 1. The van der Waals surface area contributed by atoms with E-state index in [4.69, 9.17) is 0 Å². The third kappa shape index (κ3) is 8.65. The number of carbonyl (C=O) groups is 2. The fourth-order valence-electron chi connectivity index (χ4n) is 6.25. The quantitative estimate of drug-likeness (QED) is 0.184. The average Bonchev–Trinajstić information content (AvgIpc) is 3.06. The van der Waals surface area contributed by atoms with Gasteiger partial charge in [0.2, 0.25) is 11.8 Å². The lowest BCUT2D eigenvalue weighted by Crippen LogP contribution is -2.55. The maximum absolute atomic E-state index is 15.2. The van der Waals surface area contributed by atoms with Crippen LogP contribution >= 0.6 is 0 Å². The topological polar surface area (TPSA) is 86.8 Å². The van der Waals surface area contributed by atoms with Gasteiger partial charge in [0.1, 0.15) is 18.4 Å². The molecule has 0 aromatic heterocycles. The van der Waals surface area contributed by atoms with Crippen molar-refractivity contribution in [3.8, 4) is 0 Å². The molecule has 1 N–H and O–H groups in total. The molecule has 2 amide bonds. The van der Waals surface area contributed by atoms with E-state index in [1.807, 2.05) is 50.2 Å². The largest absolute Gasteiger partial charge is 0.352 e. The van der Waals surface area contributed by atoms with Gasteiger partial charge in [0, 0.05) is 24.6 Å². The van der Waals surface area contributed by atoms with Gasteiger partial charge in [-0.2, -0.15) is 0 Å². The van der Waals surface area contributed by atoms with Gasteiger partial charge >= 0.3 is 0 Å². The molecule has 0 unspecified atom stereocenters. The summed E-state index contributed by atoms with van der Waals surface area (Å²) in [7, 11) is -4.21. The zero-order valence-electron chi connectivity index (χ0n) is 26.9. The Morgan fingerprint density at radius 1 is 0.830 bits per heavy atom. The van der Waals surface area contributed by atoms with Crippen LogP contribution in [-0.4, -0.2) is 43.8 Å². The Kier molecular flexibility index (Phi) is 11.1. The number of aryl methyl sites for hydroxylation is 2. The van der Waals surface area contributed by atoms with Gasteiger partial charge < -0.3 is 10.2 Å². The molecule has 0 saturated heterocycles. The Morgan fingerprint density at radius 3 is 2.06 bits per heavy atom. The van der Waals surface area contributed by atoms with Gasteiger partial charge in [-0.15, -0.1) is 0 Å². The number of carbonyl (C=O) groups excluding carboxylic acids is 2. The van der Waals surface area contributed by atoms with Crippen molar-refractivity contribution in [1.29, 1.82) is 0 Å². The summed E-state index contributed by atoms with van der Waals surface area (Å²) >= 11 is 0. The zero-order valence-corrected chi connectivity index (χ0v) is 27.8. The molecule has 47 heavy (non-hydrogen) atoms. The molecule has 1 aliphatic rings. The molecule has 1 atom stereocenters. The molecule has 9 heteroatoms. The molecule has 0 radical (unpaired) electrons. The normalized spacial score (nSPS) is 14.3. The molecule has 1 aliphatic carbocycles. The van der Waals surface area contributed by atoms with E-state index in [1.165, 1.54) is 23.1 Å². The second-order valence-electron chi connectivity index (χ2n) is 12.3. The third-order valence-corrected chi connectivity index (χ3v) is 10.4. The maximum Gasteiger partial charge on any atom is 0.264 e. The van der Waals surface area contributed by atoms with Crippen LogP contribution in [0, 0.1) is 19.7 Å². The van der Waals surface area contributed by atoms with E-state index in [2.05, 4.69) is 5.32 Å². The lowest BCUT2D eigenvalue weighted by Gasteiger charge is -2.35. The molecule has 0 heterocycles. The number of sulfonamides is 1. The highest BCUT2D eigenvalue weighted by atomic mass is 32.2. The second-order valence-corrected chi connectivity index (χ2v) is 14.2. The van der Waals surface area contributed by atoms with Crippen LogP contribution in [-0.2, 0) is 32.6 Å². The van der Waals surface area contributed by atoms with E-state index in [0.717, 1.165) is 53.1 Å². The monoisotopic (exact) mass is 655 g/mol. The van der Waals surface area contributed by atoms with Gasteiger partial charge in [0.05, 0.1) is 10.6 Å². The lowest BCUT2D eigenvalue weighted by atomic mass is 9.94. The van der Waals surface area contributed by atoms with Crippen molar-refractivity contribution in [1.82, 2.24) is 10.2 Å². The van der Waals surface area contributed by atoms with Gasteiger partial charge in [-0.25, -0.2) is 12.8 Å².